The Balaban J connectivity index is 2.20. The highest BCUT2D eigenvalue weighted by Crippen LogP contribution is 2.23. The summed E-state index contributed by atoms with van der Waals surface area (Å²) in [6.07, 6.45) is 2.91. The molecule has 0 saturated heterocycles. The molecule has 1 N–H and O–H groups in total. The van der Waals surface area contributed by atoms with Crippen LogP contribution in [0.2, 0.25) is 15.1 Å². The van der Waals surface area contributed by atoms with E-state index in [0.717, 1.165) is 0 Å². The van der Waals surface area contributed by atoms with Crippen LogP contribution in [0, 0.1) is 11.3 Å². The molecule has 7 heteroatoms. The Hall–Kier alpha value is -1.80. The lowest BCUT2D eigenvalue weighted by atomic mass is 10.1. The molecular formula is C14H8Cl3N3O. The average Bonchev–Trinajstić information content (AvgIpc) is 2.47. The molecule has 1 atom stereocenters. The van der Waals surface area contributed by atoms with E-state index >= 15 is 0 Å². The number of nitrogens with zero attached hydrogens (tertiary/aromatic N) is 2. The Morgan fingerprint density at radius 3 is 2.57 bits per heavy atom. The number of pyridine rings is 1. The lowest BCUT2D eigenvalue weighted by molar-refractivity contribution is 0.0945. The maximum absolute atomic E-state index is 12.1. The predicted molar refractivity (Wildman–Crippen MR) is 81.5 cm³/mol. The van der Waals surface area contributed by atoms with Crippen LogP contribution in [0.15, 0.2) is 36.7 Å². The third-order valence-electron chi connectivity index (χ3n) is 2.65. The first kappa shape index (κ1) is 15.6. The van der Waals surface area contributed by atoms with Gasteiger partial charge in [-0.3, -0.25) is 9.78 Å². The normalized spacial score (nSPS) is 11.5. The number of aromatic nitrogens is 1. The number of rotatable bonds is 3. The van der Waals surface area contributed by atoms with Gasteiger partial charge in [-0.2, -0.15) is 5.26 Å². The quantitative estimate of drug-likeness (QED) is 0.917. The first-order chi connectivity index (χ1) is 10.0. The number of benzene rings is 1. The highest BCUT2D eigenvalue weighted by molar-refractivity contribution is 6.42. The summed E-state index contributed by atoms with van der Waals surface area (Å²) in [7, 11) is 0. The predicted octanol–water partition coefficient (Wildman–Crippen LogP) is 4.04. The molecule has 0 bridgehead atoms. The minimum atomic E-state index is -0.863. The highest BCUT2D eigenvalue weighted by atomic mass is 35.5. The van der Waals surface area contributed by atoms with E-state index in [-0.39, 0.29) is 5.02 Å². The van der Waals surface area contributed by atoms with Crippen molar-refractivity contribution in [1.82, 2.24) is 10.3 Å². The second-order valence-electron chi connectivity index (χ2n) is 4.10. The molecule has 1 heterocycles. The minimum absolute atomic E-state index is 0.266. The van der Waals surface area contributed by atoms with Gasteiger partial charge in [0.15, 0.2) is 0 Å². The number of carbonyl (C=O) groups is 1. The van der Waals surface area contributed by atoms with Gasteiger partial charge in [-0.25, -0.2) is 0 Å². The molecule has 0 aliphatic rings. The Labute approximate surface area is 136 Å². The van der Waals surface area contributed by atoms with Crippen molar-refractivity contribution in [2.24, 2.45) is 0 Å². The van der Waals surface area contributed by atoms with Crippen LogP contribution in [-0.2, 0) is 0 Å². The number of nitrogens with one attached hydrogen (secondary N) is 1. The molecule has 0 spiro atoms. The van der Waals surface area contributed by atoms with Crippen LogP contribution in [0.25, 0.3) is 0 Å². The van der Waals surface area contributed by atoms with Crippen LogP contribution in [0.1, 0.15) is 22.0 Å². The minimum Gasteiger partial charge on any atom is -0.332 e. The van der Waals surface area contributed by atoms with Crippen molar-refractivity contribution in [2.75, 3.05) is 0 Å². The Morgan fingerprint density at radius 2 is 1.95 bits per heavy atom. The van der Waals surface area contributed by atoms with Crippen molar-refractivity contribution < 1.29 is 4.79 Å². The summed E-state index contributed by atoms with van der Waals surface area (Å²) in [5, 5.41) is 12.8. The van der Waals surface area contributed by atoms with Crippen LogP contribution < -0.4 is 5.32 Å². The molecule has 0 aliphatic carbocycles. The number of carbonyl (C=O) groups excluding carboxylic acids is 1. The largest absolute Gasteiger partial charge is 0.332 e. The van der Waals surface area contributed by atoms with Crippen LogP contribution in [0.3, 0.4) is 0 Å². The maximum Gasteiger partial charge on any atom is 0.252 e. The Morgan fingerprint density at radius 1 is 1.19 bits per heavy atom. The van der Waals surface area contributed by atoms with Crippen molar-refractivity contribution in [3.8, 4) is 6.07 Å². The van der Waals surface area contributed by atoms with E-state index in [9.17, 15) is 10.1 Å². The molecule has 0 aliphatic heterocycles. The van der Waals surface area contributed by atoms with Gasteiger partial charge in [-0.05, 0) is 24.3 Å². The number of nitriles is 1. The Bertz CT molecular complexity index is 728. The molecule has 0 fully saturated rings. The van der Waals surface area contributed by atoms with E-state index < -0.39 is 11.9 Å². The summed E-state index contributed by atoms with van der Waals surface area (Å²) >= 11 is 17.5. The van der Waals surface area contributed by atoms with E-state index in [1.807, 2.05) is 6.07 Å². The van der Waals surface area contributed by atoms with Gasteiger partial charge in [0.1, 0.15) is 6.04 Å². The van der Waals surface area contributed by atoms with Crippen molar-refractivity contribution in [3.05, 3.63) is 62.9 Å². The van der Waals surface area contributed by atoms with Crippen molar-refractivity contribution in [1.29, 1.82) is 5.26 Å². The van der Waals surface area contributed by atoms with Gasteiger partial charge < -0.3 is 5.32 Å². The smallest absolute Gasteiger partial charge is 0.252 e. The molecule has 2 aromatic rings. The fourth-order valence-electron chi connectivity index (χ4n) is 1.63. The van der Waals surface area contributed by atoms with E-state index in [0.29, 0.717) is 21.2 Å². The molecule has 1 aromatic carbocycles. The third-order valence-corrected chi connectivity index (χ3v) is 3.59. The fraction of sp³-hybridized carbons (Fsp3) is 0.0714. The molecule has 4 nitrogen and oxygen atoms in total. The van der Waals surface area contributed by atoms with Crippen LogP contribution in [0.5, 0.6) is 0 Å². The summed E-state index contributed by atoms with van der Waals surface area (Å²) in [4.78, 5) is 16.0. The van der Waals surface area contributed by atoms with E-state index in [1.54, 1.807) is 6.07 Å². The SMILES string of the molecule is N#CC(NC(=O)c1ccc(Cl)c(Cl)c1)c1cncc(Cl)c1. The molecule has 2 rings (SSSR count). The van der Waals surface area contributed by atoms with Gasteiger partial charge >= 0.3 is 0 Å². The summed E-state index contributed by atoms with van der Waals surface area (Å²) in [5.74, 6) is -0.444. The zero-order valence-corrected chi connectivity index (χ0v) is 12.7. The summed E-state index contributed by atoms with van der Waals surface area (Å²) in [5.41, 5.74) is 0.804. The molecule has 1 amide bonds. The van der Waals surface area contributed by atoms with Gasteiger partial charge in [-0.1, -0.05) is 34.8 Å². The van der Waals surface area contributed by atoms with Gasteiger partial charge in [0.2, 0.25) is 0 Å². The van der Waals surface area contributed by atoms with E-state index in [2.05, 4.69) is 10.3 Å². The Kier molecular flexibility index (Phi) is 5.03. The second kappa shape index (κ2) is 6.77. The fourth-order valence-corrected chi connectivity index (χ4v) is 2.11. The molecule has 21 heavy (non-hydrogen) atoms. The van der Waals surface area contributed by atoms with E-state index in [1.165, 1.54) is 30.6 Å². The molecule has 1 unspecified atom stereocenters. The molecular weight excluding hydrogens is 333 g/mol. The third kappa shape index (κ3) is 3.85. The monoisotopic (exact) mass is 339 g/mol. The lowest BCUT2D eigenvalue weighted by Gasteiger charge is -2.12. The first-order valence-electron chi connectivity index (χ1n) is 5.77. The number of hydrogen-bond acceptors (Lipinski definition) is 3. The van der Waals surface area contributed by atoms with Gasteiger partial charge in [0.25, 0.3) is 5.91 Å². The average molecular weight is 341 g/mol. The summed E-state index contributed by atoms with van der Waals surface area (Å²) in [6.45, 7) is 0. The maximum atomic E-state index is 12.1. The topological polar surface area (TPSA) is 65.8 Å². The standard InChI is InChI=1S/C14H8Cl3N3O/c15-10-3-9(6-19-7-10)13(5-18)20-14(21)8-1-2-11(16)12(17)4-8/h1-4,6-7,13H,(H,20,21). The van der Waals surface area contributed by atoms with Crippen LogP contribution in [-0.4, -0.2) is 10.9 Å². The van der Waals surface area contributed by atoms with Crippen molar-refractivity contribution in [2.45, 2.75) is 6.04 Å². The second-order valence-corrected chi connectivity index (χ2v) is 5.35. The molecule has 0 radical (unpaired) electrons. The van der Waals surface area contributed by atoms with Crippen molar-refractivity contribution in [3.63, 3.8) is 0 Å². The summed E-state index contributed by atoms with van der Waals surface area (Å²) in [6, 6.07) is 7.16. The zero-order chi connectivity index (χ0) is 15.4. The van der Waals surface area contributed by atoms with Crippen molar-refractivity contribution >= 4 is 40.7 Å². The number of hydrogen-bond donors (Lipinski definition) is 1. The van der Waals surface area contributed by atoms with Gasteiger partial charge in [0.05, 0.1) is 21.1 Å². The van der Waals surface area contributed by atoms with Crippen LogP contribution >= 0.6 is 34.8 Å². The molecule has 0 saturated carbocycles. The van der Waals surface area contributed by atoms with Gasteiger partial charge in [0, 0.05) is 23.5 Å². The molecule has 1 aromatic heterocycles. The van der Waals surface area contributed by atoms with E-state index in [4.69, 9.17) is 34.8 Å². The lowest BCUT2D eigenvalue weighted by Crippen LogP contribution is -2.27. The number of amides is 1. The highest BCUT2D eigenvalue weighted by Gasteiger charge is 2.16. The summed E-state index contributed by atoms with van der Waals surface area (Å²) < 4.78 is 0. The number of halogens is 3. The van der Waals surface area contributed by atoms with Crippen LogP contribution in [0.4, 0.5) is 0 Å². The zero-order valence-electron chi connectivity index (χ0n) is 10.5. The first-order valence-corrected chi connectivity index (χ1v) is 6.90. The molecule has 106 valence electrons. The van der Waals surface area contributed by atoms with Gasteiger partial charge in [-0.15, -0.1) is 0 Å².